The van der Waals surface area contributed by atoms with Crippen LogP contribution in [0.4, 0.5) is 5.69 Å². The number of nitrogen functional groups attached to an aromatic ring is 1. The minimum absolute atomic E-state index is 0.159. The van der Waals surface area contributed by atoms with E-state index in [1.165, 1.54) is 16.4 Å². The fourth-order valence-electron chi connectivity index (χ4n) is 2.91. The molecule has 0 saturated carbocycles. The predicted octanol–water partition coefficient (Wildman–Crippen LogP) is 5.43. The number of rotatable bonds is 8. The first kappa shape index (κ1) is 24.2. The van der Waals surface area contributed by atoms with Crippen molar-refractivity contribution in [3.63, 3.8) is 0 Å². The molecule has 1 unspecified atom stereocenters. The first-order valence-electron chi connectivity index (χ1n) is 10.0. The Bertz CT molecular complexity index is 1120. The molecule has 2 aromatic carbocycles. The normalized spacial score (nSPS) is 12.1. The summed E-state index contributed by atoms with van der Waals surface area (Å²) in [4.78, 5) is 12.6. The van der Waals surface area contributed by atoms with Gasteiger partial charge in [-0.3, -0.25) is 4.79 Å². The summed E-state index contributed by atoms with van der Waals surface area (Å²) in [5.41, 5.74) is 2.66. The lowest BCUT2D eigenvalue weighted by molar-refractivity contribution is -0.115. The van der Waals surface area contributed by atoms with Crippen molar-refractivity contribution < 1.29 is 9.53 Å². The number of anilines is 1. The van der Waals surface area contributed by atoms with Crippen LogP contribution in [0.15, 0.2) is 41.6 Å². The van der Waals surface area contributed by atoms with Crippen LogP contribution in [-0.2, 0) is 11.4 Å². The Labute approximate surface area is 201 Å². The van der Waals surface area contributed by atoms with E-state index >= 15 is 0 Å². The van der Waals surface area contributed by atoms with Gasteiger partial charge >= 0.3 is 0 Å². The van der Waals surface area contributed by atoms with Gasteiger partial charge in [-0.1, -0.05) is 60.9 Å². The van der Waals surface area contributed by atoms with Crippen molar-refractivity contribution in [1.29, 1.82) is 0 Å². The molecule has 1 aromatic heterocycles. The van der Waals surface area contributed by atoms with Crippen molar-refractivity contribution in [2.45, 2.75) is 50.6 Å². The number of hydrogen-bond donors (Lipinski definition) is 2. The van der Waals surface area contributed by atoms with Gasteiger partial charge < -0.3 is 15.9 Å². The highest BCUT2D eigenvalue weighted by atomic mass is 35.5. The van der Waals surface area contributed by atoms with E-state index in [9.17, 15) is 4.79 Å². The van der Waals surface area contributed by atoms with Gasteiger partial charge in [-0.2, -0.15) is 0 Å². The van der Waals surface area contributed by atoms with Crippen LogP contribution in [0.25, 0.3) is 0 Å². The molecule has 3 rings (SSSR count). The monoisotopic (exact) mass is 493 g/mol. The summed E-state index contributed by atoms with van der Waals surface area (Å²) in [6.45, 7) is 8.14. The molecule has 0 aliphatic heterocycles. The zero-order valence-corrected chi connectivity index (χ0v) is 20.6. The quantitative estimate of drug-likeness (QED) is 0.320. The molecule has 3 N–H and O–H groups in total. The number of amides is 1. The molecule has 0 bridgehead atoms. The van der Waals surface area contributed by atoms with Gasteiger partial charge in [0.1, 0.15) is 12.4 Å². The number of carbonyl (C=O) groups excluding carboxylic acids is 1. The first-order chi connectivity index (χ1) is 15.2. The summed E-state index contributed by atoms with van der Waals surface area (Å²) >= 11 is 13.3. The SMILES string of the molecule is Cc1ccc(C(C)C)c(OCc2nnc(SC(C)C(=O)Nc3cc(Cl)ccc3Cl)n2N)c1. The zero-order chi connectivity index (χ0) is 23.4. The molecule has 0 radical (unpaired) electrons. The van der Waals surface area contributed by atoms with Crippen LogP contribution in [0.3, 0.4) is 0 Å². The number of ether oxygens (including phenoxy) is 1. The zero-order valence-electron chi connectivity index (χ0n) is 18.2. The molecule has 0 saturated heterocycles. The van der Waals surface area contributed by atoms with Gasteiger partial charge in [0.2, 0.25) is 11.1 Å². The van der Waals surface area contributed by atoms with Crippen LogP contribution in [0, 0.1) is 6.92 Å². The second kappa shape index (κ2) is 10.5. The van der Waals surface area contributed by atoms with E-state index in [2.05, 4.69) is 41.5 Å². The van der Waals surface area contributed by atoms with Crippen LogP contribution in [0.2, 0.25) is 10.0 Å². The molecule has 1 heterocycles. The van der Waals surface area contributed by atoms with Gasteiger partial charge in [-0.15, -0.1) is 10.2 Å². The fourth-order valence-corrected chi connectivity index (χ4v) is 4.04. The number of aryl methyl sites for hydroxylation is 1. The average molecular weight is 494 g/mol. The highest BCUT2D eigenvalue weighted by molar-refractivity contribution is 8.00. The standard InChI is InChI=1S/C22H25Cl2N5O2S/c1-12(2)16-7-5-13(3)9-19(16)31-11-20-27-28-22(29(20)25)32-14(4)21(30)26-18-10-15(23)6-8-17(18)24/h5-10,12,14H,11,25H2,1-4H3,(H,26,30). The van der Waals surface area contributed by atoms with E-state index in [0.29, 0.717) is 32.6 Å². The molecule has 170 valence electrons. The summed E-state index contributed by atoms with van der Waals surface area (Å²) in [5, 5.41) is 11.8. The van der Waals surface area contributed by atoms with Crippen LogP contribution in [0.1, 0.15) is 43.6 Å². The lowest BCUT2D eigenvalue weighted by Crippen LogP contribution is -2.24. The maximum absolute atomic E-state index is 12.6. The second-order valence-corrected chi connectivity index (χ2v) is 9.78. The number of benzene rings is 2. The predicted molar refractivity (Wildman–Crippen MR) is 130 cm³/mol. The average Bonchev–Trinajstić information content (AvgIpc) is 3.08. The summed E-state index contributed by atoms with van der Waals surface area (Å²) in [6, 6.07) is 11.0. The Morgan fingerprint density at radius 3 is 2.66 bits per heavy atom. The lowest BCUT2D eigenvalue weighted by Gasteiger charge is -2.15. The highest BCUT2D eigenvalue weighted by Gasteiger charge is 2.21. The summed E-state index contributed by atoms with van der Waals surface area (Å²) < 4.78 is 7.34. The molecule has 1 amide bonds. The third-order valence-corrected chi connectivity index (χ3v) is 6.34. The van der Waals surface area contributed by atoms with Crippen molar-refractivity contribution >= 4 is 46.6 Å². The van der Waals surface area contributed by atoms with Crippen LogP contribution < -0.4 is 15.9 Å². The van der Waals surface area contributed by atoms with Crippen molar-refractivity contribution in [2.75, 3.05) is 11.2 Å². The Morgan fingerprint density at radius 2 is 1.94 bits per heavy atom. The number of thioether (sulfide) groups is 1. The van der Waals surface area contributed by atoms with Crippen LogP contribution >= 0.6 is 35.0 Å². The Balaban J connectivity index is 1.65. The maximum atomic E-state index is 12.6. The third kappa shape index (κ3) is 5.88. The molecule has 10 heteroatoms. The maximum Gasteiger partial charge on any atom is 0.237 e. The fraction of sp³-hybridized carbons (Fsp3) is 0.318. The summed E-state index contributed by atoms with van der Waals surface area (Å²) in [7, 11) is 0. The molecule has 3 aromatic rings. The van der Waals surface area contributed by atoms with Crippen molar-refractivity contribution in [2.24, 2.45) is 0 Å². The lowest BCUT2D eigenvalue weighted by atomic mass is 10.0. The number of hydrogen-bond acceptors (Lipinski definition) is 6. The minimum atomic E-state index is -0.505. The van der Waals surface area contributed by atoms with Gasteiger partial charge in [0.15, 0.2) is 5.82 Å². The molecular weight excluding hydrogens is 469 g/mol. The number of nitrogens with two attached hydrogens (primary N) is 1. The van der Waals surface area contributed by atoms with E-state index in [1.807, 2.05) is 13.0 Å². The van der Waals surface area contributed by atoms with Gasteiger partial charge in [0.25, 0.3) is 0 Å². The van der Waals surface area contributed by atoms with Crippen molar-refractivity contribution in [1.82, 2.24) is 14.9 Å². The molecular formula is C22H25Cl2N5O2S. The van der Waals surface area contributed by atoms with Crippen molar-refractivity contribution in [3.05, 3.63) is 63.4 Å². The number of carbonyl (C=O) groups is 1. The molecule has 32 heavy (non-hydrogen) atoms. The van der Waals surface area contributed by atoms with Crippen LogP contribution in [0.5, 0.6) is 5.75 Å². The third-order valence-electron chi connectivity index (χ3n) is 4.72. The molecule has 0 spiro atoms. The molecule has 1 atom stereocenters. The second-order valence-electron chi connectivity index (χ2n) is 7.63. The van der Waals surface area contributed by atoms with Gasteiger partial charge in [0.05, 0.1) is 16.0 Å². The number of nitrogens with zero attached hydrogens (tertiary/aromatic N) is 3. The van der Waals surface area contributed by atoms with E-state index in [0.717, 1.165) is 16.9 Å². The van der Waals surface area contributed by atoms with Gasteiger partial charge in [-0.25, -0.2) is 4.68 Å². The topological polar surface area (TPSA) is 95.1 Å². The Hall–Kier alpha value is -2.42. The Kier molecular flexibility index (Phi) is 7.92. The van der Waals surface area contributed by atoms with E-state index in [1.54, 1.807) is 25.1 Å². The van der Waals surface area contributed by atoms with E-state index in [4.69, 9.17) is 33.8 Å². The van der Waals surface area contributed by atoms with Crippen LogP contribution in [-0.4, -0.2) is 26.0 Å². The summed E-state index contributed by atoms with van der Waals surface area (Å²) in [5.74, 6) is 7.47. The van der Waals surface area contributed by atoms with Gasteiger partial charge in [0, 0.05) is 5.02 Å². The van der Waals surface area contributed by atoms with E-state index < -0.39 is 5.25 Å². The first-order valence-corrected chi connectivity index (χ1v) is 11.6. The number of nitrogens with one attached hydrogen (secondary N) is 1. The molecule has 0 aliphatic carbocycles. The molecule has 0 aliphatic rings. The largest absolute Gasteiger partial charge is 0.485 e. The van der Waals surface area contributed by atoms with E-state index in [-0.39, 0.29) is 12.5 Å². The Morgan fingerprint density at radius 1 is 1.19 bits per heavy atom. The van der Waals surface area contributed by atoms with Crippen molar-refractivity contribution in [3.8, 4) is 5.75 Å². The number of aromatic nitrogens is 3. The molecule has 7 nitrogen and oxygen atoms in total. The van der Waals surface area contributed by atoms with Gasteiger partial charge in [-0.05, 0) is 55.2 Å². The molecule has 0 fully saturated rings. The summed E-state index contributed by atoms with van der Waals surface area (Å²) in [6.07, 6.45) is 0. The highest BCUT2D eigenvalue weighted by Crippen LogP contribution is 2.29. The number of halogens is 2. The smallest absolute Gasteiger partial charge is 0.237 e. The minimum Gasteiger partial charge on any atom is -0.485 e.